The molecule has 5 heteroatoms. The minimum absolute atomic E-state index is 0.863. The van der Waals surface area contributed by atoms with Crippen LogP contribution in [0.5, 0.6) is 34.5 Å². The smallest absolute Gasteiger partial charge is 0.170 e. The third-order valence-electron chi connectivity index (χ3n) is 6.83. The zero-order chi connectivity index (χ0) is 19.6. The number of nitrogens with zero attached hydrogens (tertiary/aromatic N) is 1. The average molecular weight is 405 g/mol. The van der Waals surface area contributed by atoms with Crippen molar-refractivity contribution in [3.8, 4) is 34.5 Å². The van der Waals surface area contributed by atoms with E-state index >= 15 is 0 Å². The SMILES string of the molecule is C[Si]12c3c4cccc3Oc3ccc5c(c31)N(c1ccccc1O5)c1cccc(c12)O4. The van der Waals surface area contributed by atoms with Crippen LogP contribution in [0.4, 0.5) is 17.1 Å². The van der Waals surface area contributed by atoms with Crippen molar-refractivity contribution < 1.29 is 14.2 Å². The second kappa shape index (κ2) is 4.71. The molecule has 0 spiro atoms. The van der Waals surface area contributed by atoms with Gasteiger partial charge in [-0.2, -0.15) is 0 Å². The lowest BCUT2D eigenvalue weighted by atomic mass is 10.1. The minimum atomic E-state index is -2.36. The molecule has 1 atom stereocenters. The molecule has 0 amide bonds. The summed E-state index contributed by atoms with van der Waals surface area (Å²) < 4.78 is 19.3. The van der Waals surface area contributed by atoms with E-state index in [4.69, 9.17) is 14.2 Å². The van der Waals surface area contributed by atoms with Crippen LogP contribution in [0.1, 0.15) is 0 Å². The molecule has 0 saturated heterocycles. The molecule has 30 heavy (non-hydrogen) atoms. The summed E-state index contributed by atoms with van der Waals surface area (Å²) in [6.45, 7) is 2.43. The van der Waals surface area contributed by atoms with Gasteiger partial charge in [-0.05, 0) is 48.5 Å². The first-order valence-corrected chi connectivity index (χ1v) is 12.6. The van der Waals surface area contributed by atoms with Gasteiger partial charge in [0.25, 0.3) is 0 Å². The molecule has 4 aromatic rings. The lowest BCUT2D eigenvalue weighted by Crippen LogP contribution is -2.71. The molecular formula is C25H15NO3Si. The topological polar surface area (TPSA) is 30.9 Å². The molecule has 0 saturated carbocycles. The van der Waals surface area contributed by atoms with Crippen LogP contribution >= 0.6 is 0 Å². The number of hydrogen-bond acceptors (Lipinski definition) is 4. The third-order valence-corrected chi connectivity index (χ3v) is 11.3. The number of rotatable bonds is 0. The van der Waals surface area contributed by atoms with Gasteiger partial charge in [0.2, 0.25) is 0 Å². The van der Waals surface area contributed by atoms with Gasteiger partial charge < -0.3 is 19.1 Å². The molecule has 4 aliphatic rings. The monoisotopic (exact) mass is 405 g/mol. The maximum absolute atomic E-state index is 6.45. The first-order chi connectivity index (χ1) is 14.7. The number of hydrogen-bond donors (Lipinski definition) is 0. The molecule has 1 unspecified atom stereocenters. The molecule has 0 radical (unpaired) electrons. The van der Waals surface area contributed by atoms with E-state index < -0.39 is 8.07 Å². The zero-order valence-electron chi connectivity index (χ0n) is 16.1. The van der Waals surface area contributed by atoms with E-state index in [0.29, 0.717) is 0 Å². The first kappa shape index (κ1) is 15.2. The van der Waals surface area contributed by atoms with E-state index in [1.165, 1.54) is 21.2 Å². The van der Waals surface area contributed by atoms with Gasteiger partial charge in [0, 0.05) is 15.6 Å². The predicted octanol–water partition coefficient (Wildman–Crippen LogP) is 4.89. The standard InChI is InChI=1S/C25H15NO3Si/c1-30-23-15-7-4-9-18(23)28-19-10-5-11-20(24(19)30)29-21-13-12-17-22(25(21)30)26(15)14-6-2-3-8-16(14)27-17/h2-13H,1H3. The van der Waals surface area contributed by atoms with Gasteiger partial charge in [0.1, 0.15) is 23.0 Å². The van der Waals surface area contributed by atoms with Gasteiger partial charge in [-0.3, -0.25) is 0 Å². The van der Waals surface area contributed by atoms with Crippen LogP contribution in [0, 0.1) is 0 Å². The normalized spacial score (nSPS) is 19.7. The molecule has 0 aromatic heterocycles. The number of benzene rings is 4. The van der Waals surface area contributed by atoms with Gasteiger partial charge in [-0.1, -0.05) is 30.8 Å². The number of anilines is 3. The van der Waals surface area contributed by atoms with Crippen LogP contribution < -0.4 is 34.7 Å². The molecule has 142 valence electrons. The van der Waals surface area contributed by atoms with Gasteiger partial charge in [0.05, 0.1) is 17.1 Å². The second-order valence-electron chi connectivity index (χ2n) is 8.30. The minimum Gasteiger partial charge on any atom is -0.457 e. The van der Waals surface area contributed by atoms with Gasteiger partial charge in [-0.25, -0.2) is 0 Å². The van der Waals surface area contributed by atoms with Crippen LogP contribution in [0.3, 0.4) is 0 Å². The molecule has 4 aromatic carbocycles. The Morgan fingerprint density at radius 1 is 0.533 bits per heavy atom. The van der Waals surface area contributed by atoms with Gasteiger partial charge in [-0.15, -0.1) is 0 Å². The summed E-state index contributed by atoms with van der Waals surface area (Å²) in [6.07, 6.45) is 0. The summed E-state index contributed by atoms with van der Waals surface area (Å²) >= 11 is 0. The molecule has 4 heterocycles. The molecule has 0 N–H and O–H groups in total. The van der Waals surface area contributed by atoms with Crippen LogP contribution in [-0.4, -0.2) is 8.07 Å². The largest absolute Gasteiger partial charge is 0.457 e. The highest BCUT2D eigenvalue weighted by Crippen LogP contribution is 2.55. The highest BCUT2D eigenvalue weighted by atomic mass is 28.3. The Bertz CT molecular complexity index is 1450. The first-order valence-electron chi connectivity index (χ1n) is 10.1. The highest BCUT2D eigenvalue weighted by Gasteiger charge is 2.56. The van der Waals surface area contributed by atoms with E-state index in [1.54, 1.807) is 0 Å². The molecule has 4 nitrogen and oxygen atoms in total. The van der Waals surface area contributed by atoms with Crippen molar-refractivity contribution in [3.63, 3.8) is 0 Å². The molecule has 0 fully saturated rings. The summed E-state index contributed by atoms with van der Waals surface area (Å²) in [5.41, 5.74) is 3.35. The Hall–Kier alpha value is -3.70. The third kappa shape index (κ3) is 1.48. The Morgan fingerprint density at radius 2 is 1.10 bits per heavy atom. The number of para-hydroxylation sites is 2. The molecule has 4 aliphatic heterocycles. The van der Waals surface area contributed by atoms with Crippen molar-refractivity contribution in [2.45, 2.75) is 6.55 Å². The summed E-state index contributed by atoms with van der Waals surface area (Å²) in [6, 6.07) is 24.9. The van der Waals surface area contributed by atoms with Crippen LogP contribution in [-0.2, 0) is 0 Å². The summed E-state index contributed by atoms with van der Waals surface area (Å²) in [5, 5.41) is 3.82. The summed E-state index contributed by atoms with van der Waals surface area (Å²) in [7, 11) is -2.36. The average Bonchev–Trinajstić information content (AvgIpc) is 2.77. The Balaban J connectivity index is 1.60. The lowest BCUT2D eigenvalue weighted by Gasteiger charge is -2.49. The molecular weight excluding hydrogens is 390 g/mol. The van der Waals surface area contributed by atoms with Crippen molar-refractivity contribution in [1.29, 1.82) is 0 Å². The Labute approximate surface area is 173 Å². The van der Waals surface area contributed by atoms with Crippen molar-refractivity contribution in [2.24, 2.45) is 0 Å². The maximum Gasteiger partial charge on any atom is 0.170 e. The molecule has 0 bridgehead atoms. The van der Waals surface area contributed by atoms with Crippen molar-refractivity contribution >= 4 is 40.7 Å². The quantitative estimate of drug-likeness (QED) is 0.337. The summed E-state index contributed by atoms with van der Waals surface area (Å²) in [5.74, 6) is 5.47. The molecule has 0 aliphatic carbocycles. The maximum atomic E-state index is 6.45. The van der Waals surface area contributed by atoms with Crippen molar-refractivity contribution in [2.75, 3.05) is 4.90 Å². The van der Waals surface area contributed by atoms with Crippen LogP contribution in [0.2, 0.25) is 6.55 Å². The fourth-order valence-corrected chi connectivity index (χ4v) is 10.4. The van der Waals surface area contributed by atoms with E-state index in [-0.39, 0.29) is 0 Å². The number of ether oxygens (including phenoxy) is 3. The number of fused-ring (bicyclic) bond motifs is 3. The fourth-order valence-electron chi connectivity index (χ4n) is 5.72. The van der Waals surface area contributed by atoms with Crippen molar-refractivity contribution in [3.05, 3.63) is 72.8 Å². The van der Waals surface area contributed by atoms with Crippen molar-refractivity contribution in [1.82, 2.24) is 0 Å². The van der Waals surface area contributed by atoms with E-state index in [2.05, 4.69) is 60.0 Å². The zero-order valence-corrected chi connectivity index (χ0v) is 17.1. The van der Waals surface area contributed by atoms with E-state index in [0.717, 1.165) is 45.9 Å². The van der Waals surface area contributed by atoms with E-state index in [1.807, 2.05) is 24.3 Å². The predicted molar refractivity (Wildman–Crippen MR) is 118 cm³/mol. The van der Waals surface area contributed by atoms with Crippen LogP contribution in [0.25, 0.3) is 0 Å². The van der Waals surface area contributed by atoms with Gasteiger partial charge >= 0.3 is 0 Å². The summed E-state index contributed by atoms with van der Waals surface area (Å²) in [4.78, 5) is 2.34. The highest BCUT2D eigenvalue weighted by molar-refractivity contribution is 7.14. The van der Waals surface area contributed by atoms with Crippen LogP contribution in [0.15, 0.2) is 72.8 Å². The molecule has 8 rings (SSSR count). The van der Waals surface area contributed by atoms with E-state index in [9.17, 15) is 0 Å². The Morgan fingerprint density at radius 3 is 1.93 bits per heavy atom. The second-order valence-corrected chi connectivity index (χ2v) is 12.0. The lowest BCUT2D eigenvalue weighted by molar-refractivity contribution is 0.456. The fraction of sp³-hybridized carbons (Fsp3) is 0.0400. The van der Waals surface area contributed by atoms with Gasteiger partial charge in [0.15, 0.2) is 19.6 Å². The Kier molecular flexibility index (Phi) is 2.38.